The number of hydrogen-bond acceptors (Lipinski definition) is 2. The third kappa shape index (κ3) is 10.6. The summed E-state index contributed by atoms with van der Waals surface area (Å²) < 4.78 is 0. The highest BCUT2D eigenvalue weighted by molar-refractivity contribution is 5.74. The van der Waals surface area contributed by atoms with Crippen molar-refractivity contribution in [2.75, 3.05) is 6.54 Å². The van der Waals surface area contributed by atoms with Gasteiger partial charge in [0.1, 0.15) is 0 Å². The molecule has 0 saturated heterocycles. The van der Waals surface area contributed by atoms with Crippen molar-refractivity contribution in [1.82, 2.24) is 10.6 Å². The van der Waals surface area contributed by atoms with Gasteiger partial charge in [0.15, 0.2) is 0 Å². The van der Waals surface area contributed by atoms with Crippen molar-refractivity contribution in [3.8, 4) is 0 Å². The predicted octanol–water partition coefficient (Wildman–Crippen LogP) is 3.15. The Bertz CT molecular complexity index is 282. The number of carboxylic acids is 1. The van der Waals surface area contributed by atoms with E-state index in [-0.39, 0.29) is 24.4 Å². The molecule has 0 aromatic carbocycles. The van der Waals surface area contributed by atoms with Gasteiger partial charge in [0, 0.05) is 19.0 Å². The summed E-state index contributed by atoms with van der Waals surface area (Å²) in [4.78, 5) is 22.3. The Hall–Kier alpha value is -1.26. The first-order valence-corrected chi connectivity index (χ1v) is 7.75. The van der Waals surface area contributed by atoms with Crippen molar-refractivity contribution in [2.24, 2.45) is 5.92 Å². The summed E-state index contributed by atoms with van der Waals surface area (Å²) in [7, 11) is 0. The molecule has 118 valence electrons. The van der Waals surface area contributed by atoms with Gasteiger partial charge in [-0.25, -0.2) is 4.79 Å². The van der Waals surface area contributed by atoms with Gasteiger partial charge in [-0.2, -0.15) is 0 Å². The van der Waals surface area contributed by atoms with Crippen molar-refractivity contribution in [2.45, 2.75) is 71.8 Å². The van der Waals surface area contributed by atoms with E-state index in [0.717, 1.165) is 19.3 Å². The molecule has 0 aromatic heterocycles. The molecule has 2 amide bonds. The number of unbranched alkanes of at least 4 members (excludes halogenated alkanes) is 3. The fourth-order valence-corrected chi connectivity index (χ4v) is 2.07. The summed E-state index contributed by atoms with van der Waals surface area (Å²) >= 11 is 0. The summed E-state index contributed by atoms with van der Waals surface area (Å²) in [5, 5.41) is 14.4. The topological polar surface area (TPSA) is 78.4 Å². The van der Waals surface area contributed by atoms with Gasteiger partial charge in [0.25, 0.3) is 0 Å². The molecule has 0 heterocycles. The van der Waals surface area contributed by atoms with Gasteiger partial charge in [-0.1, -0.05) is 46.0 Å². The number of carboxylic acid groups (broad SMARTS) is 1. The van der Waals surface area contributed by atoms with E-state index in [1.165, 1.54) is 19.3 Å². The van der Waals surface area contributed by atoms with Crippen LogP contribution in [-0.2, 0) is 4.79 Å². The Balaban J connectivity index is 3.77. The van der Waals surface area contributed by atoms with E-state index < -0.39 is 5.97 Å². The molecular weight excluding hydrogens is 256 g/mol. The van der Waals surface area contributed by atoms with Crippen molar-refractivity contribution in [3.05, 3.63) is 0 Å². The predicted molar refractivity (Wildman–Crippen MR) is 80.8 cm³/mol. The molecule has 0 fully saturated rings. The highest BCUT2D eigenvalue weighted by Gasteiger charge is 2.13. The molecule has 0 bridgehead atoms. The minimum atomic E-state index is -0.816. The number of amides is 2. The van der Waals surface area contributed by atoms with Crippen LogP contribution < -0.4 is 10.6 Å². The van der Waals surface area contributed by atoms with Gasteiger partial charge >= 0.3 is 12.0 Å². The highest BCUT2D eigenvalue weighted by atomic mass is 16.4. The molecule has 2 unspecified atom stereocenters. The number of aliphatic carboxylic acids is 1. The fraction of sp³-hybridized carbons (Fsp3) is 0.867. The Morgan fingerprint density at radius 1 is 1.15 bits per heavy atom. The van der Waals surface area contributed by atoms with E-state index in [9.17, 15) is 9.59 Å². The molecule has 3 N–H and O–H groups in total. The molecule has 0 aliphatic carbocycles. The van der Waals surface area contributed by atoms with Crippen molar-refractivity contribution in [1.29, 1.82) is 0 Å². The third-order valence-corrected chi connectivity index (χ3v) is 3.46. The normalized spacial score (nSPS) is 13.6. The van der Waals surface area contributed by atoms with Gasteiger partial charge in [0.05, 0.1) is 0 Å². The zero-order valence-electron chi connectivity index (χ0n) is 13.1. The molecule has 0 spiro atoms. The summed E-state index contributed by atoms with van der Waals surface area (Å²) in [5.41, 5.74) is 0. The van der Waals surface area contributed by atoms with E-state index in [2.05, 4.69) is 17.6 Å². The Kier molecular flexibility index (Phi) is 10.8. The molecule has 0 saturated carbocycles. The van der Waals surface area contributed by atoms with Crippen molar-refractivity contribution in [3.63, 3.8) is 0 Å². The number of rotatable bonds is 11. The fourth-order valence-electron chi connectivity index (χ4n) is 2.07. The zero-order chi connectivity index (χ0) is 15.4. The molecule has 20 heavy (non-hydrogen) atoms. The zero-order valence-corrected chi connectivity index (χ0v) is 13.1. The first-order chi connectivity index (χ1) is 9.49. The largest absolute Gasteiger partial charge is 0.481 e. The van der Waals surface area contributed by atoms with Crippen LogP contribution >= 0.6 is 0 Å². The molecule has 0 radical (unpaired) electrons. The van der Waals surface area contributed by atoms with Gasteiger partial charge in [-0.15, -0.1) is 0 Å². The average molecular weight is 286 g/mol. The molecular formula is C15H30N2O3. The number of nitrogens with one attached hydrogen (secondary N) is 2. The second-order valence-electron chi connectivity index (χ2n) is 5.48. The summed E-state index contributed by atoms with van der Waals surface area (Å²) in [5.74, 6) is -0.818. The maximum atomic E-state index is 11.7. The first-order valence-electron chi connectivity index (χ1n) is 7.75. The van der Waals surface area contributed by atoms with Gasteiger partial charge < -0.3 is 15.7 Å². The van der Waals surface area contributed by atoms with Crippen LogP contribution in [0, 0.1) is 5.92 Å². The monoisotopic (exact) mass is 286 g/mol. The number of carbonyl (C=O) groups is 2. The van der Waals surface area contributed by atoms with Crippen LogP contribution in [0.3, 0.4) is 0 Å². The van der Waals surface area contributed by atoms with Gasteiger partial charge in [-0.3, -0.25) is 4.79 Å². The quantitative estimate of drug-likeness (QED) is 0.510. The van der Waals surface area contributed by atoms with Crippen LogP contribution in [0.4, 0.5) is 4.79 Å². The van der Waals surface area contributed by atoms with Crippen molar-refractivity contribution >= 4 is 12.0 Å². The number of urea groups is 1. The summed E-state index contributed by atoms with van der Waals surface area (Å²) in [6.07, 6.45) is 6.63. The van der Waals surface area contributed by atoms with Crippen LogP contribution in [0.15, 0.2) is 0 Å². The number of hydrogen-bond donors (Lipinski definition) is 3. The number of carbonyl (C=O) groups excluding carboxylic acids is 1. The maximum Gasteiger partial charge on any atom is 0.315 e. The molecule has 5 heteroatoms. The second-order valence-corrected chi connectivity index (χ2v) is 5.48. The van der Waals surface area contributed by atoms with E-state index in [0.29, 0.717) is 6.54 Å². The van der Waals surface area contributed by atoms with E-state index in [1.807, 2.05) is 13.8 Å². The lowest BCUT2D eigenvalue weighted by molar-refractivity contribution is -0.138. The lowest BCUT2D eigenvalue weighted by atomic mass is 10.0. The lowest BCUT2D eigenvalue weighted by Crippen LogP contribution is -2.42. The first kappa shape index (κ1) is 18.7. The van der Waals surface area contributed by atoms with E-state index >= 15 is 0 Å². The molecule has 0 rings (SSSR count). The molecule has 5 nitrogen and oxygen atoms in total. The molecule has 0 aromatic rings. The molecule has 0 aliphatic heterocycles. The van der Waals surface area contributed by atoms with Crippen LogP contribution in [0.25, 0.3) is 0 Å². The van der Waals surface area contributed by atoms with Crippen LogP contribution in [-0.4, -0.2) is 29.7 Å². The summed E-state index contributed by atoms with van der Waals surface area (Å²) in [6.45, 7) is 6.53. The third-order valence-electron chi connectivity index (χ3n) is 3.46. The van der Waals surface area contributed by atoms with Crippen LogP contribution in [0.2, 0.25) is 0 Å². The second kappa shape index (κ2) is 11.6. The minimum Gasteiger partial charge on any atom is -0.481 e. The standard InChI is InChI=1S/C15H30N2O3/c1-4-6-7-8-9-12(3)17-15(20)16-11-13(5-2)10-14(18)19/h12-13H,4-11H2,1-3H3,(H,18,19)(H2,16,17,20). The maximum absolute atomic E-state index is 11.7. The molecule has 0 aliphatic rings. The Labute approximate surface area is 122 Å². The van der Waals surface area contributed by atoms with Crippen LogP contribution in [0.1, 0.15) is 65.7 Å². The van der Waals surface area contributed by atoms with E-state index in [4.69, 9.17) is 5.11 Å². The van der Waals surface area contributed by atoms with Gasteiger partial charge in [0.2, 0.25) is 0 Å². The molecule has 2 atom stereocenters. The lowest BCUT2D eigenvalue weighted by Gasteiger charge is -2.17. The van der Waals surface area contributed by atoms with Gasteiger partial charge in [-0.05, 0) is 19.3 Å². The summed E-state index contributed by atoms with van der Waals surface area (Å²) in [6, 6.07) is -0.0387. The smallest absolute Gasteiger partial charge is 0.315 e. The average Bonchev–Trinajstić information content (AvgIpc) is 2.39. The Morgan fingerprint density at radius 3 is 2.40 bits per heavy atom. The van der Waals surface area contributed by atoms with Crippen LogP contribution in [0.5, 0.6) is 0 Å². The minimum absolute atomic E-state index is 0.00175. The SMILES string of the molecule is CCCCCCC(C)NC(=O)NCC(CC)CC(=O)O. The Morgan fingerprint density at radius 2 is 1.85 bits per heavy atom. The van der Waals surface area contributed by atoms with E-state index in [1.54, 1.807) is 0 Å². The highest BCUT2D eigenvalue weighted by Crippen LogP contribution is 2.07. The van der Waals surface area contributed by atoms with Crippen molar-refractivity contribution < 1.29 is 14.7 Å².